The van der Waals surface area contributed by atoms with E-state index in [2.05, 4.69) is 6.58 Å². The molecule has 0 unspecified atom stereocenters. The maximum atomic E-state index is 10.9. The van der Waals surface area contributed by atoms with Crippen molar-refractivity contribution in [3.05, 3.63) is 12.2 Å². The van der Waals surface area contributed by atoms with E-state index >= 15 is 0 Å². The summed E-state index contributed by atoms with van der Waals surface area (Å²) >= 11 is 0. The zero-order valence-corrected chi connectivity index (χ0v) is 10.5. The molecule has 0 N–H and O–H groups in total. The topological polar surface area (TPSA) is 35.5 Å². The van der Waals surface area contributed by atoms with Gasteiger partial charge in [0.15, 0.2) is 0 Å². The van der Waals surface area contributed by atoms with Crippen LogP contribution in [0.5, 0.6) is 0 Å². The smallest absolute Gasteiger partial charge is 0.333 e. The van der Waals surface area contributed by atoms with Gasteiger partial charge in [-0.05, 0) is 13.3 Å². The monoisotopic (exact) mass is 202 g/mol. The second kappa shape index (κ2) is 8.01. The standard InChI is InChI=1S/C9H18O3Si/c1-8(2)9(10)12-6-5-11-4-3-7-13/h1,3-7H2,2,13H3. The molecule has 0 amide bonds. The van der Waals surface area contributed by atoms with E-state index in [1.807, 2.05) is 0 Å². The van der Waals surface area contributed by atoms with Gasteiger partial charge >= 0.3 is 5.97 Å². The maximum Gasteiger partial charge on any atom is 0.333 e. The predicted octanol–water partition coefficient (Wildman–Crippen LogP) is 0.296. The van der Waals surface area contributed by atoms with Gasteiger partial charge in [0.1, 0.15) is 6.61 Å². The van der Waals surface area contributed by atoms with E-state index in [1.54, 1.807) is 6.92 Å². The molecule has 13 heavy (non-hydrogen) atoms. The van der Waals surface area contributed by atoms with Gasteiger partial charge in [-0.2, -0.15) is 0 Å². The molecule has 0 fully saturated rings. The predicted molar refractivity (Wildman–Crippen MR) is 56.0 cm³/mol. The van der Waals surface area contributed by atoms with Crippen molar-refractivity contribution in [1.29, 1.82) is 0 Å². The summed E-state index contributed by atoms with van der Waals surface area (Å²) < 4.78 is 10.0. The van der Waals surface area contributed by atoms with Gasteiger partial charge in [-0.15, -0.1) is 0 Å². The van der Waals surface area contributed by atoms with Crippen LogP contribution in [0, 0.1) is 0 Å². The molecule has 0 atom stereocenters. The zero-order chi connectivity index (χ0) is 10.1. The van der Waals surface area contributed by atoms with E-state index in [-0.39, 0.29) is 5.97 Å². The molecule has 4 heteroatoms. The lowest BCUT2D eigenvalue weighted by molar-refractivity contribution is -0.140. The van der Waals surface area contributed by atoms with Crippen LogP contribution in [0.2, 0.25) is 6.04 Å². The van der Waals surface area contributed by atoms with E-state index < -0.39 is 0 Å². The second-order valence-corrected chi connectivity index (χ2v) is 3.88. The van der Waals surface area contributed by atoms with Crippen LogP contribution in [0.3, 0.4) is 0 Å². The number of hydrogen-bond acceptors (Lipinski definition) is 3. The van der Waals surface area contributed by atoms with Crippen molar-refractivity contribution in [2.24, 2.45) is 0 Å². The summed E-state index contributed by atoms with van der Waals surface area (Å²) in [6, 6.07) is 1.26. The summed E-state index contributed by atoms with van der Waals surface area (Å²) in [5.74, 6) is -0.341. The molecule has 0 spiro atoms. The molecule has 0 rings (SSSR count). The molecule has 0 aliphatic rings. The van der Waals surface area contributed by atoms with E-state index in [4.69, 9.17) is 9.47 Å². The third-order valence-electron chi connectivity index (χ3n) is 1.45. The van der Waals surface area contributed by atoms with Crippen LogP contribution in [0.1, 0.15) is 13.3 Å². The van der Waals surface area contributed by atoms with Crippen molar-refractivity contribution in [3.8, 4) is 0 Å². The fourth-order valence-electron chi connectivity index (χ4n) is 0.665. The second-order valence-electron chi connectivity index (χ2n) is 2.88. The van der Waals surface area contributed by atoms with Gasteiger partial charge in [0.2, 0.25) is 0 Å². The summed E-state index contributed by atoms with van der Waals surface area (Å²) in [7, 11) is 1.23. The van der Waals surface area contributed by atoms with Crippen LogP contribution in [0.15, 0.2) is 12.2 Å². The van der Waals surface area contributed by atoms with Crippen molar-refractivity contribution < 1.29 is 14.3 Å². The minimum atomic E-state index is -0.341. The molecule has 3 nitrogen and oxygen atoms in total. The van der Waals surface area contributed by atoms with Gasteiger partial charge in [0.05, 0.1) is 6.61 Å². The third kappa shape index (κ3) is 7.74. The van der Waals surface area contributed by atoms with Crippen LogP contribution in [0.25, 0.3) is 0 Å². The Morgan fingerprint density at radius 1 is 1.38 bits per heavy atom. The molecular formula is C9H18O3Si. The Hall–Kier alpha value is -0.613. The zero-order valence-electron chi connectivity index (χ0n) is 8.47. The highest BCUT2D eigenvalue weighted by Crippen LogP contribution is 1.92. The number of ether oxygens (including phenoxy) is 2. The first-order valence-corrected chi connectivity index (χ1v) is 6.00. The molecule has 0 heterocycles. The number of hydrogen-bond donors (Lipinski definition) is 0. The van der Waals surface area contributed by atoms with Crippen molar-refractivity contribution in [1.82, 2.24) is 0 Å². The van der Waals surface area contributed by atoms with Gasteiger partial charge in [-0.25, -0.2) is 4.79 Å². The molecule has 0 aromatic heterocycles. The quantitative estimate of drug-likeness (QED) is 0.258. The molecule has 76 valence electrons. The Morgan fingerprint density at radius 3 is 2.62 bits per heavy atom. The largest absolute Gasteiger partial charge is 0.460 e. The first-order chi connectivity index (χ1) is 6.18. The third-order valence-corrected chi connectivity index (χ3v) is 2.16. The van der Waals surface area contributed by atoms with Crippen LogP contribution in [0.4, 0.5) is 0 Å². The highest BCUT2D eigenvalue weighted by atomic mass is 28.1. The highest BCUT2D eigenvalue weighted by molar-refractivity contribution is 6.08. The first kappa shape index (κ1) is 12.4. The van der Waals surface area contributed by atoms with E-state index in [9.17, 15) is 4.79 Å². The molecule has 0 aromatic rings. The van der Waals surface area contributed by atoms with Crippen LogP contribution in [-0.4, -0.2) is 36.0 Å². The van der Waals surface area contributed by atoms with E-state index in [1.165, 1.54) is 16.3 Å². The lowest BCUT2D eigenvalue weighted by atomic mass is 10.4. The summed E-state index contributed by atoms with van der Waals surface area (Å²) in [5, 5.41) is 0. The Kier molecular flexibility index (Phi) is 7.63. The molecule has 0 aliphatic heterocycles. The fraction of sp³-hybridized carbons (Fsp3) is 0.667. The maximum absolute atomic E-state index is 10.9. The van der Waals surface area contributed by atoms with Crippen LogP contribution < -0.4 is 0 Å². The van der Waals surface area contributed by atoms with Crippen molar-refractivity contribution >= 4 is 16.2 Å². The summed E-state index contributed by atoms with van der Waals surface area (Å²) in [4.78, 5) is 10.9. The van der Waals surface area contributed by atoms with Gasteiger partial charge < -0.3 is 9.47 Å². The Labute approximate surface area is 82.5 Å². The summed E-state index contributed by atoms with van der Waals surface area (Å²) in [6.45, 7) is 6.69. The van der Waals surface area contributed by atoms with Crippen molar-refractivity contribution in [2.75, 3.05) is 19.8 Å². The summed E-state index contributed by atoms with van der Waals surface area (Å²) in [6.07, 6.45) is 1.11. The van der Waals surface area contributed by atoms with Gasteiger partial charge in [0, 0.05) is 22.4 Å². The fourth-order valence-corrected chi connectivity index (χ4v) is 0.954. The van der Waals surface area contributed by atoms with Crippen LogP contribution >= 0.6 is 0 Å². The highest BCUT2D eigenvalue weighted by Gasteiger charge is 2.01. The Balaban J connectivity index is 3.16. The minimum absolute atomic E-state index is 0.326. The number of carbonyl (C=O) groups is 1. The van der Waals surface area contributed by atoms with Gasteiger partial charge in [-0.1, -0.05) is 12.6 Å². The molecule has 0 aliphatic carbocycles. The number of rotatable bonds is 7. The summed E-state index contributed by atoms with van der Waals surface area (Å²) in [5.41, 5.74) is 0.430. The lowest BCUT2D eigenvalue weighted by Crippen LogP contribution is -2.11. The Bertz CT molecular complexity index is 168. The van der Waals surface area contributed by atoms with E-state index in [0.29, 0.717) is 18.8 Å². The normalized spacial score (nSPS) is 9.92. The SMILES string of the molecule is C=C(C)C(=O)OCCOCCC[SiH3]. The van der Waals surface area contributed by atoms with E-state index in [0.717, 1.165) is 13.0 Å². The molecule has 0 aromatic carbocycles. The molecule has 0 saturated heterocycles. The van der Waals surface area contributed by atoms with Crippen LogP contribution in [-0.2, 0) is 14.3 Å². The minimum Gasteiger partial charge on any atom is -0.460 e. The van der Waals surface area contributed by atoms with Gasteiger partial charge in [0.25, 0.3) is 0 Å². The Morgan fingerprint density at radius 2 is 2.08 bits per heavy atom. The van der Waals surface area contributed by atoms with Crippen molar-refractivity contribution in [3.63, 3.8) is 0 Å². The molecule has 0 saturated carbocycles. The number of carbonyl (C=O) groups excluding carboxylic acids is 1. The van der Waals surface area contributed by atoms with Crippen molar-refractivity contribution in [2.45, 2.75) is 19.4 Å². The first-order valence-electron chi connectivity index (χ1n) is 4.58. The lowest BCUT2D eigenvalue weighted by Gasteiger charge is -2.04. The molecule has 0 bridgehead atoms. The molecular weight excluding hydrogens is 184 g/mol. The average Bonchev–Trinajstić information content (AvgIpc) is 2.10. The average molecular weight is 202 g/mol. The molecule has 0 radical (unpaired) electrons. The van der Waals surface area contributed by atoms with Gasteiger partial charge in [-0.3, -0.25) is 0 Å². The number of esters is 1.